The first-order valence-corrected chi connectivity index (χ1v) is 9.17. The highest BCUT2D eigenvalue weighted by atomic mass is 16.2. The Hall–Kier alpha value is -3.22. The second-order valence-corrected chi connectivity index (χ2v) is 6.61. The molecule has 0 bridgehead atoms. The van der Waals surface area contributed by atoms with E-state index >= 15 is 0 Å². The van der Waals surface area contributed by atoms with Gasteiger partial charge in [-0.2, -0.15) is 0 Å². The van der Waals surface area contributed by atoms with Crippen molar-refractivity contribution in [3.8, 4) is 0 Å². The number of rotatable bonds is 5. The molecule has 1 N–H and O–H groups in total. The Kier molecular flexibility index (Phi) is 4.82. The average molecular weight is 363 g/mol. The third-order valence-electron chi connectivity index (χ3n) is 4.75. The molecule has 0 aliphatic carbocycles. The quantitative estimate of drug-likeness (QED) is 0.753. The van der Waals surface area contributed by atoms with Crippen molar-refractivity contribution in [1.29, 1.82) is 0 Å². The Bertz CT molecular complexity index is 1010. The van der Waals surface area contributed by atoms with E-state index in [9.17, 15) is 9.59 Å². The molecule has 1 fully saturated rings. The summed E-state index contributed by atoms with van der Waals surface area (Å²) < 4.78 is 1.67. The van der Waals surface area contributed by atoms with Crippen LogP contribution in [0.2, 0.25) is 0 Å². The van der Waals surface area contributed by atoms with Gasteiger partial charge < -0.3 is 14.8 Å². The summed E-state index contributed by atoms with van der Waals surface area (Å²) >= 11 is 0. The minimum absolute atomic E-state index is 0.134. The molecule has 7 heteroatoms. The molecule has 0 spiro atoms. The second kappa shape index (κ2) is 7.57. The van der Waals surface area contributed by atoms with Gasteiger partial charge in [-0.15, -0.1) is 0 Å². The van der Waals surface area contributed by atoms with E-state index in [-0.39, 0.29) is 17.9 Å². The number of carbonyl (C=O) groups is 1. The molecule has 1 aliphatic rings. The summed E-state index contributed by atoms with van der Waals surface area (Å²) in [5.41, 5.74) is 2.03. The lowest BCUT2D eigenvalue weighted by atomic mass is 10.2. The van der Waals surface area contributed by atoms with Crippen LogP contribution in [0, 0.1) is 0 Å². The molecule has 0 atom stereocenters. The van der Waals surface area contributed by atoms with Gasteiger partial charge in [0.05, 0.1) is 22.9 Å². The van der Waals surface area contributed by atoms with Crippen LogP contribution in [0.3, 0.4) is 0 Å². The van der Waals surface area contributed by atoms with Crippen molar-refractivity contribution in [2.24, 2.45) is 0 Å². The number of nitrogens with one attached hydrogen (secondary N) is 1. The third-order valence-corrected chi connectivity index (χ3v) is 4.75. The van der Waals surface area contributed by atoms with E-state index in [4.69, 9.17) is 0 Å². The molecular formula is C20H21N5O2. The van der Waals surface area contributed by atoms with Crippen LogP contribution < -0.4 is 15.8 Å². The fourth-order valence-electron chi connectivity index (χ4n) is 3.41. The second-order valence-electron chi connectivity index (χ2n) is 6.61. The maximum absolute atomic E-state index is 13.1. The summed E-state index contributed by atoms with van der Waals surface area (Å²) in [5.74, 6) is 0.331. The van der Waals surface area contributed by atoms with Crippen molar-refractivity contribution < 1.29 is 4.79 Å². The van der Waals surface area contributed by atoms with E-state index in [1.807, 2.05) is 29.2 Å². The summed E-state index contributed by atoms with van der Waals surface area (Å²) in [5, 5.41) is 2.81. The van der Waals surface area contributed by atoms with Crippen molar-refractivity contribution in [3.63, 3.8) is 0 Å². The standard InChI is InChI=1S/C20H21N5O2/c26-18(22-15-6-5-10-21-14-15)9-13-25-17-8-2-1-7-16(17)23-19(20(25)27)24-11-3-4-12-24/h1-2,5-8,10,14H,3-4,9,11-13H2,(H,22,26). The van der Waals surface area contributed by atoms with E-state index in [2.05, 4.69) is 15.3 Å². The number of benzene rings is 1. The van der Waals surface area contributed by atoms with E-state index in [1.54, 1.807) is 29.1 Å². The number of para-hydroxylation sites is 2. The third kappa shape index (κ3) is 3.67. The molecule has 4 rings (SSSR count). The number of hydrogen-bond acceptors (Lipinski definition) is 5. The molecule has 138 valence electrons. The van der Waals surface area contributed by atoms with Crippen molar-refractivity contribution >= 4 is 28.4 Å². The van der Waals surface area contributed by atoms with Gasteiger partial charge in [0.15, 0.2) is 5.82 Å². The predicted molar refractivity (Wildman–Crippen MR) is 105 cm³/mol. The monoisotopic (exact) mass is 363 g/mol. The lowest BCUT2D eigenvalue weighted by Gasteiger charge is -2.19. The predicted octanol–water partition coefficient (Wildman–Crippen LogP) is 2.42. The van der Waals surface area contributed by atoms with Gasteiger partial charge in [-0.1, -0.05) is 12.1 Å². The van der Waals surface area contributed by atoms with Gasteiger partial charge in [-0.05, 0) is 37.1 Å². The van der Waals surface area contributed by atoms with Crippen molar-refractivity contribution in [1.82, 2.24) is 14.5 Å². The van der Waals surface area contributed by atoms with Gasteiger partial charge in [0, 0.05) is 32.3 Å². The zero-order chi connectivity index (χ0) is 18.6. The van der Waals surface area contributed by atoms with E-state index in [1.165, 1.54) is 0 Å². The molecule has 1 amide bonds. The smallest absolute Gasteiger partial charge is 0.294 e. The van der Waals surface area contributed by atoms with Crippen LogP contribution in [0.15, 0.2) is 53.6 Å². The average Bonchev–Trinajstić information content (AvgIpc) is 3.22. The van der Waals surface area contributed by atoms with Crippen LogP contribution in [0.1, 0.15) is 19.3 Å². The SMILES string of the molecule is O=C(CCn1c(=O)c(N2CCCC2)nc2ccccc21)Nc1cccnc1. The Labute approximate surface area is 156 Å². The Morgan fingerprint density at radius 1 is 1.11 bits per heavy atom. The molecule has 2 aromatic heterocycles. The minimum atomic E-state index is -0.154. The number of anilines is 2. The molecule has 7 nitrogen and oxygen atoms in total. The van der Waals surface area contributed by atoms with Crippen LogP contribution >= 0.6 is 0 Å². The maximum atomic E-state index is 13.1. The summed E-state index contributed by atoms with van der Waals surface area (Å²) in [6.45, 7) is 2.00. The molecule has 3 heterocycles. The number of aryl methyl sites for hydroxylation is 1. The number of aromatic nitrogens is 3. The minimum Gasteiger partial charge on any atom is -0.352 e. The molecule has 0 unspecified atom stereocenters. The maximum Gasteiger partial charge on any atom is 0.294 e. The molecule has 3 aromatic rings. The first kappa shape index (κ1) is 17.2. The van der Waals surface area contributed by atoms with Crippen LogP contribution in [0.4, 0.5) is 11.5 Å². The molecule has 0 saturated carbocycles. The summed E-state index contributed by atoms with van der Waals surface area (Å²) in [7, 11) is 0. The molecular weight excluding hydrogens is 342 g/mol. The Morgan fingerprint density at radius 2 is 1.93 bits per heavy atom. The molecule has 1 saturated heterocycles. The normalized spacial score (nSPS) is 13.9. The fourth-order valence-corrected chi connectivity index (χ4v) is 3.41. The lowest BCUT2D eigenvalue weighted by Crippen LogP contribution is -2.32. The first-order valence-electron chi connectivity index (χ1n) is 9.17. The van der Waals surface area contributed by atoms with Gasteiger partial charge in [0.1, 0.15) is 0 Å². The Balaban J connectivity index is 1.61. The Morgan fingerprint density at radius 3 is 2.70 bits per heavy atom. The zero-order valence-electron chi connectivity index (χ0n) is 15.0. The van der Waals surface area contributed by atoms with Crippen LogP contribution in [0.5, 0.6) is 0 Å². The van der Waals surface area contributed by atoms with Crippen molar-refractivity contribution in [2.75, 3.05) is 23.3 Å². The lowest BCUT2D eigenvalue weighted by molar-refractivity contribution is -0.116. The number of fused-ring (bicyclic) bond motifs is 1. The number of pyridine rings is 1. The number of amides is 1. The van der Waals surface area contributed by atoms with Gasteiger partial charge in [0.25, 0.3) is 5.56 Å². The van der Waals surface area contributed by atoms with Crippen molar-refractivity contribution in [3.05, 3.63) is 59.1 Å². The zero-order valence-corrected chi connectivity index (χ0v) is 15.0. The highest BCUT2D eigenvalue weighted by Crippen LogP contribution is 2.18. The topological polar surface area (TPSA) is 80.1 Å². The van der Waals surface area contributed by atoms with Gasteiger partial charge in [-0.25, -0.2) is 4.98 Å². The van der Waals surface area contributed by atoms with Gasteiger partial charge in [-0.3, -0.25) is 14.6 Å². The van der Waals surface area contributed by atoms with Crippen LogP contribution in [0.25, 0.3) is 11.0 Å². The van der Waals surface area contributed by atoms with E-state index < -0.39 is 0 Å². The van der Waals surface area contributed by atoms with Gasteiger partial charge in [0.2, 0.25) is 5.91 Å². The van der Waals surface area contributed by atoms with Crippen LogP contribution in [-0.2, 0) is 11.3 Å². The van der Waals surface area contributed by atoms with Crippen LogP contribution in [-0.4, -0.2) is 33.5 Å². The molecule has 1 aliphatic heterocycles. The largest absolute Gasteiger partial charge is 0.352 e. The molecule has 0 radical (unpaired) electrons. The first-order chi connectivity index (χ1) is 13.2. The molecule has 1 aromatic carbocycles. The van der Waals surface area contributed by atoms with Crippen molar-refractivity contribution in [2.45, 2.75) is 25.8 Å². The number of hydrogen-bond donors (Lipinski definition) is 1. The number of nitrogens with zero attached hydrogens (tertiary/aromatic N) is 4. The van der Waals surface area contributed by atoms with Gasteiger partial charge >= 0.3 is 0 Å². The summed E-state index contributed by atoms with van der Waals surface area (Å²) in [4.78, 5) is 36.0. The summed E-state index contributed by atoms with van der Waals surface area (Å²) in [6.07, 6.45) is 5.58. The highest BCUT2D eigenvalue weighted by molar-refractivity contribution is 5.90. The fraction of sp³-hybridized carbons (Fsp3) is 0.300. The van der Waals surface area contributed by atoms with E-state index in [0.717, 1.165) is 37.0 Å². The summed E-state index contributed by atoms with van der Waals surface area (Å²) in [6, 6.07) is 11.1. The molecule has 27 heavy (non-hydrogen) atoms. The number of carbonyl (C=O) groups excluding carboxylic acids is 1. The van der Waals surface area contributed by atoms with E-state index in [0.29, 0.717) is 18.1 Å². The highest BCUT2D eigenvalue weighted by Gasteiger charge is 2.20.